The largest absolute Gasteiger partial charge is 0.377 e. The molecule has 2 atom stereocenters. The maximum absolute atomic E-state index is 12.6. The third-order valence-electron chi connectivity index (χ3n) is 4.52. The number of carbonyl (C=O) groups is 1. The summed E-state index contributed by atoms with van der Waals surface area (Å²) in [4.78, 5) is 17.8. The molecule has 1 spiro atoms. The molecule has 2 fully saturated rings. The van der Waals surface area contributed by atoms with E-state index in [9.17, 15) is 4.79 Å². The van der Waals surface area contributed by atoms with Gasteiger partial charge in [0.25, 0.3) is 0 Å². The Labute approximate surface area is 142 Å². The lowest BCUT2D eigenvalue weighted by Gasteiger charge is -2.32. The number of thiophene rings is 1. The molecule has 2 aliphatic heterocycles. The van der Waals surface area contributed by atoms with E-state index in [1.807, 2.05) is 22.4 Å². The van der Waals surface area contributed by atoms with Gasteiger partial charge in [0.1, 0.15) is 5.60 Å². The number of nitrogens with zero attached hydrogens (tertiary/aromatic N) is 2. The second-order valence-corrected chi connectivity index (χ2v) is 7.88. The molecule has 0 radical (unpaired) electrons. The Morgan fingerprint density at radius 2 is 2.39 bits per heavy atom. The minimum atomic E-state index is -0.317. The van der Waals surface area contributed by atoms with Crippen LogP contribution < -0.4 is 0 Å². The highest BCUT2D eigenvalue weighted by atomic mass is 32.1. The van der Waals surface area contributed by atoms with Crippen molar-refractivity contribution < 1.29 is 14.3 Å². The molecular formula is C17H26N2O3S. The maximum Gasteiger partial charge on any atom is 0.228 e. The molecule has 5 nitrogen and oxygen atoms in total. The van der Waals surface area contributed by atoms with E-state index in [1.54, 1.807) is 11.3 Å². The van der Waals surface area contributed by atoms with E-state index in [-0.39, 0.29) is 17.6 Å². The first-order valence-corrected chi connectivity index (χ1v) is 9.15. The van der Waals surface area contributed by atoms with Gasteiger partial charge >= 0.3 is 0 Å². The predicted octanol–water partition coefficient (Wildman–Crippen LogP) is 1.63. The van der Waals surface area contributed by atoms with Gasteiger partial charge in [0.05, 0.1) is 32.3 Å². The lowest BCUT2D eigenvalue weighted by Crippen LogP contribution is -2.47. The van der Waals surface area contributed by atoms with E-state index in [1.165, 1.54) is 0 Å². The van der Waals surface area contributed by atoms with Crippen LogP contribution in [0.1, 0.15) is 17.7 Å². The van der Waals surface area contributed by atoms with Crippen molar-refractivity contribution in [3.05, 3.63) is 22.4 Å². The van der Waals surface area contributed by atoms with Crippen LogP contribution in [0.3, 0.4) is 0 Å². The van der Waals surface area contributed by atoms with Gasteiger partial charge in [0.15, 0.2) is 0 Å². The number of ether oxygens (including phenoxy) is 2. The second kappa shape index (κ2) is 7.30. The Hall–Kier alpha value is -0.950. The Bertz CT molecular complexity index is 520. The predicted molar refractivity (Wildman–Crippen MR) is 90.8 cm³/mol. The smallest absolute Gasteiger partial charge is 0.228 e. The summed E-state index contributed by atoms with van der Waals surface area (Å²) in [5.41, 5.74) is -0.317. The van der Waals surface area contributed by atoms with Crippen molar-refractivity contribution in [2.75, 3.05) is 46.9 Å². The third-order valence-corrected chi connectivity index (χ3v) is 5.39. The quantitative estimate of drug-likeness (QED) is 0.837. The normalized spacial score (nSPS) is 28.5. The maximum atomic E-state index is 12.6. The van der Waals surface area contributed by atoms with Gasteiger partial charge in [-0.05, 0) is 38.4 Å². The SMILES string of the molecule is CN(C)C[C@@H]1CC[C@]2(COCCN(C(=O)Cc3cccs3)C2)O1. The van der Waals surface area contributed by atoms with Crippen LogP contribution in [0.25, 0.3) is 0 Å². The van der Waals surface area contributed by atoms with Crippen LogP contribution in [0.4, 0.5) is 0 Å². The molecule has 3 rings (SSSR count). The minimum absolute atomic E-state index is 0.178. The van der Waals surface area contributed by atoms with Gasteiger partial charge in [0, 0.05) is 18.0 Å². The van der Waals surface area contributed by atoms with Gasteiger partial charge in [-0.2, -0.15) is 0 Å². The molecule has 2 saturated heterocycles. The number of hydrogen-bond acceptors (Lipinski definition) is 5. The molecule has 3 heterocycles. The van der Waals surface area contributed by atoms with Gasteiger partial charge in [-0.25, -0.2) is 0 Å². The van der Waals surface area contributed by atoms with E-state index >= 15 is 0 Å². The lowest BCUT2D eigenvalue weighted by atomic mass is 10.00. The first-order valence-electron chi connectivity index (χ1n) is 8.27. The second-order valence-electron chi connectivity index (χ2n) is 6.85. The summed E-state index contributed by atoms with van der Waals surface area (Å²) >= 11 is 1.64. The van der Waals surface area contributed by atoms with Crippen molar-refractivity contribution in [3.8, 4) is 0 Å². The van der Waals surface area contributed by atoms with Gasteiger partial charge in [0.2, 0.25) is 5.91 Å². The van der Waals surface area contributed by atoms with E-state index < -0.39 is 0 Å². The number of rotatable bonds is 4. The molecule has 0 saturated carbocycles. The zero-order valence-electron chi connectivity index (χ0n) is 14.0. The van der Waals surface area contributed by atoms with Crippen LogP contribution in [0.2, 0.25) is 0 Å². The fraction of sp³-hybridized carbons (Fsp3) is 0.706. The van der Waals surface area contributed by atoms with Crippen molar-refractivity contribution >= 4 is 17.2 Å². The third kappa shape index (κ3) is 4.32. The van der Waals surface area contributed by atoms with Crippen molar-refractivity contribution in [2.24, 2.45) is 0 Å². The fourth-order valence-electron chi connectivity index (χ4n) is 3.45. The first kappa shape index (κ1) is 16.9. The molecule has 0 aliphatic carbocycles. The van der Waals surface area contributed by atoms with Crippen molar-refractivity contribution in [1.29, 1.82) is 0 Å². The molecule has 0 aromatic carbocycles. The zero-order valence-corrected chi connectivity index (χ0v) is 14.8. The van der Waals surface area contributed by atoms with Crippen molar-refractivity contribution in [2.45, 2.75) is 31.0 Å². The summed E-state index contributed by atoms with van der Waals surface area (Å²) in [5, 5.41) is 2.02. The molecule has 128 valence electrons. The molecule has 2 aliphatic rings. The molecule has 23 heavy (non-hydrogen) atoms. The molecule has 1 aromatic rings. The molecule has 1 aromatic heterocycles. The lowest BCUT2D eigenvalue weighted by molar-refractivity contribution is -0.135. The summed E-state index contributed by atoms with van der Waals surface area (Å²) in [6.45, 7) is 3.43. The van der Waals surface area contributed by atoms with E-state index in [0.717, 1.165) is 24.3 Å². The van der Waals surface area contributed by atoms with Crippen LogP contribution in [0.15, 0.2) is 17.5 Å². The molecular weight excluding hydrogens is 312 g/mol. The summed E-state index contributed by atoms with van der Waals surface area (Å²) in [6, 6.07) is 4.01. The summed E-state index contributed by atoms with van der Waals surface area (Å²) < 4.78 is 12.1. The summed E-state index contributed by atoms with van der Waals surface area (Å²) in [7, 11) is 4.13. The topological polar surface area (TPSA) is 42.0 Å². The van der Waals surface area contributed by atoms with Gasteiger partial charge < -0.3 is 19.3 Å². The van der Waals surface area contributed by atoms with E-state index in [0.29, 0.717) is 32.7 Å². The highest BCUT2D eigenvalue weighted by Crippen LogP contribution is 2.33. The van der Waals surface area contributed by atoms with Crippen LogP contribution in [-0.2, 0) is 20.7 Å². The Kier molecular flexibility index (Phi) is 5.36. The first-order chi connectivity index (χ1) is 11.1. The van der Waals surface area contributed by atoms with Gasteiger partial charge in [-0.1, -0.05) is 6.07 Å². The van der Waals surface area contributed by atoms with Gasteiger partial charge in [-0.15, -0.1) is 11.3 Å². The fourth-order valence-corrected chi connectivity index (χ4v) is 4.14. The Morgan fingerprint density at radius 1 is 1.52 bits per heavy atom. The number of hydrogen-bond donors (Lipinski definition) is 0. The van der Waals surface area contributed by atoms with Crippen LogP contribution in [0, 0.1) is 0 Å². The van der Waals surface area contributed by atoms with E-state index in [4.69, 9.17) is 9.47 Å². The van der Waals surface area contributed by atoms with Crippen LogP contribution in [-0.4, -0.2) is 74.4 Å². The monoisotopic (exact) mass is 338 g/mol. The van der Waals surface area contributed by atoms with Crippen LogP contribution >= 0.6 is 11.3 Å². The molecule has 0 N–H and O–H groups in total. The number of carbonyl (C=O) groups excluding carboxylic acids is 1. The molecule has 6 heteroatoms. The highest BCUT2D eigenvalue weighted by molar-refractivity contribution is 7.10. The standard InChI is InChI=1S/C17H26N2O3S/c1-18(2)11-14-5-6-17(22-14)12-19(7-8-21-13-17)16(20)10-15-4-3-9-23-15/h3-4,9,14H,5-8,10-13H2,1-2H3/t14-,17-/m0/s1. The highest BCUT2D eigenvalue weighted by Gasteiger charge is 2.43. The van der Waals surface area contributed by atoms with Crippen LogP contribution in [0.5, 0.6) is 0 Å². The van der Waals surface area contributed by atoms with Crippen molar-refractivity contribution in [1.82, 2.24) is 9.80 Å². The van der Waals surface area contributed by atoms with E-state index in [2.05, 4.69) is 19.0 Å². The summed E-state index contributed by atoms with van der Waals surface area (Å²) in [6.07, 6.45) is 2.72. The average Bonchev–Trinajstić information content (AvgIpc) is 3.07. The van der Waals surface area contributed by atoms with Crippen molar-refractivity contribution in [3.63, 3.8) is 0 Å². The Balaban J connectivity index is 1.63. The molecule has 1 amide bonds. The summed E-state index contributed by atoms with van der Waals surface area (Å²) in [5.74, 6) is 0.178. The number of likely N-dealkylation sites (N-methyl/N-ethyl adjacent to an activating group) is 1. The molecule has 0 unspecified atom stereocenters. The van der Waals surface area contributed by atoms with Gasteiger partial charge in [-0.3, -0.25) is 4.79 Å². The Morgan fingerprint density at radius 3 is 3.13 bits per heavy atom. The average molecular weight is 338 g/mol. The number of amides is 1. The zero-order chi connectivity index (χ0) is 16.3. The molecule has 0 bridgehead atoms. The minimum Gasteiger partial charge on any atom is -0.377 e.